The van der Waals surface area contributed by atoms with Crippen LogP contribution in [0.2, 0.25) is 10.0 Å². The number of rotatable bonds is 12. The number of nitrogens with one attached hydrogen (secondary N) is 1. The molecule has 0 unspecified atom stereocenters. The van der Waals surface area contributed by atoms with E-state index in [1.165, 1.54) is 49.5 Å². The summed E-state index contributed by atoms with van der Waals surface area (Å²) in [5.74, 6) is -0.355. The fourth-order valence-electron chi connectivity index (χ4n) is 4.08. The van der Waals surface area contributed by atoms with E-state index >= 15 is 0 Å². The third-order valence-electron chi connectivity index (χ3n) is 6.42. The molecule has 2 amide bonds. The number of hydrogen-bond donors (Lipinski definition) is 1. The van der Waals surface area contributed by atoms with Gasteiger partial charge in [-0.2, -0.15) is 0 Å². The minimum Gasteiger partial charge on any atom is -0.493 e. The van der Waals surface area contributed by atoms with Crippen molar-refractivity contribution in [2.24, 2.45) is 0 Å². The number of halogens is 2. The van der Waals surface area contributed by atoms with E-state index in [0.717, 1.165) is 9.87 Å². The molecule has 12 heteroatoms. The maximum absolute atomic E-state index is 14.0. The maximum atomic E-state index is 14.0. The molecule has 0 aliphatic rings. The van der Waals surface area contributed by atoms with Crippen LogP contribution < -0.4 is 19.1 Å². The van der Waals surface area contributed by atoms with Gasteiger partial charge in [0.15, 0.2) is 11.5 Å². The normalized spacial score (nSPS) is 11.9. The number of aryl methyl sites for hydroxylation is 1. The number of sulfonamides is 1. The van der Waals surface area contributed by atoms with Crippen molar-refractivity contribution in [1.29, 1.82) is 0 Å². The molecule has 0 aromatic heterocycles. The summed E-state index contributed by atoms with van der Waals surface area (Å²) in [7, 11) is -1.35. The van der Waals surface area contributed by atoms with Gasteiger partial charge in [-0.05, 0) is 62.7 Å². The van der Waals surface area contributed by atoms with Gasteiger partial charge in [0.1, 0.15) is 12.6 Å². The largest absolute Gasteiger partial charge is 0.493 e. The Morgan fingerprint density at radius 2 is 1.61 bits per heavy atom. The van der Waals surface area contributed by atoms with Crippen LogP contribution in [0.1, 0.15) is 25.0 Å². The molecule has 41 heavy (non-hydrogen) atoms. The van der Waals surface area contributed by atoms with Gasteiger partial charge in [0.05, 0.1) is 24.8 Å². The van der Waals surface area contributed by atoms with Crippen molar-refractivity contribution in [1.82, 2.24) is 10.2 Å². The van der Waals surface area contributed by atoms with Gasteiger partial charge in [-0.1, -0.05) is 47.0 Å². The van der Waals surface area contributed by atoms with Gasteiger partial charge in [0.2, 0.25) is 11.8 Å². The lowest BCUT2D eigenvalue weighted by atomic mass is 10.1. The van der Waals surface area contributed by atoms with Crippen LogP contribution >= 0.6 is 23.2 Å². The van der Waals surface area contributed by atoms with Crippen LogP contribution in [0.25, 0.3) is 0 Å². The summed E-state index contributed by atoms with van der Waals surface area (Å²) >= 11 is 12.4. The average molecular weight is 623 g/mol. The molecule has 220 valence electrons. The molecule has 0 aliphatic heterocycles. The number of carbonyl (C=O) groups excluding carboxylic acids is 2. The molecule has 0 spiro atoms. The van der Waals surface area contributed by atoms with Crippen molar-refractivity contribution >= 4 is 50.7 Å². The predicted octanol–water partition coefficient (Wildman–Crippen LogP) is 5.07. The zero-order valence-corrected chi connectivity index (χ0v) is 25.8. The molecule has 9 nitrogen and oxygen atoms in total. The highest BCUT2D eigenvalue weighted by Gasteiger charge is 2.33. The van der Waals surface area contributed by atoms with E-state index in [1.807, 2.05) is 6.92 Å². The van der Waals surface area contributed by atoms with Crippen LogP contribution in [-0.2, 0) is 26.2 Å². The molecule has 0 radical (unpaired) electrons. The van der Waals surface area contributed by atoms with E-state index in [9.17, 15) is 18.0 Å². The monoisotopic (exact) mass is 621 g/mol. The third-order valence-corrected chi connectivity index (χ3v) is 8.79. The van der Waals surface area contributed by atoms with Gasteiger partial charge >= 0.3 is 0 Å². The van der Waals surface area contributed by atoms with Crippen LogP contribution in [0.3, 0.4) is 0 Å². The summed E-state index contributed by atoms with van der Waals surface area (Å²) in [6, 6.07) is 14.7. The molecule has 0 fully saturated rings. The number of likely N-dealkylation sites (N-methyl/N-ethyl adjacent to an activating group) is 1. The molecule has 0 bridgehead atoms. The Bertz CT molecular complexity index is 1500. The zero-order valence-electron chi connectivity index (χ0n) is 23.5. The first-order valence-electron chi connectivity index (χ1n) is 12.8. The van der Waals surface area contributed by atoms with Crippen LogP contribution in [0.15, 0.2) is 65.6 Å². The van der Waals surface area contributed by atoms with E-state index < -0.39 is 34.4 Å². The first-order valence-corrected chi connectivity index (χ1v) is 14.9. The minimum absolute atomic E-state index is 0.00486. The van der Waals surface area contributed by atoms with Crippen LogP contribution in [0.5, 0.6) is 11.5 Å². The lowest BCUT2D eigenvalue weighted by molar-refractivity contribution is -0.139. The molecule has 3 aromatic rings. The number of carbonyl (C=O) groups is 2. The van der Waals surface area contributed by atoms with Gasteiger partial charge in [-0.3, -0.25) is 13.9 Å². The Balaban J connectivity index is 2.11. The molecular weight excluding hydrogens is 589 g/mol. The second-order valence-electron chi connectivity index (χ2n) is 9.19. The van der Waals surface area contributed by atoms with Crippen molar-refractivity contribution < 1.29 is 27.5 Å². The number of benzene rings is 3. The Labute approximate surface area is 251 Å². The van der Waals surface area contributed by atoms with Gasteiger partial charge in [-0.15, -0.1) is 0 Å². The summed E-state index contributed by atoms with van der Waals surface area (Å²) in [5, 5.41) is 3.44. The van der Waals surface area contributed by atoms with Crippen molar-refractivity contribution in [2.45, 2.75) is 38.3 Å². The first-order chi connectivity index (χ1) is 19.4. The number of ether oxygens (including phenoxy) is 2. The highest BCUT2D eigenvalue weighted by molar-refractivity contribution is 7.92. The lowest BCUT2D eigenvalue weighted by Gasteiger charge is -2.32. The molecule has 0 saturated heterocycles. The van der Waals surface area contributed by atoms with Crippen molar-refractivity contribution in [3.8, 4) is 11.5 Å². The van der Waals surface area contributed by atoms with Gasteiger partial charge in [-0.25, -0.2) is 8.42 Å². The maximum Gasteiger partial charge on any atom is 0.264 e. The fraction of sp³-hybridized carbons (Fsp3) is 0.310. The Morgan fingerprint density at radius 1 is 0.951 bits per heavy atom. The first kappa shape index (κ1) is 32.0. The molecule has 1 atom stereocenters. The third kappa shape index (κ3) is 7.63. The highest BCUT2D eigenvalue weighted by atomic mass is 35.5. The van der Waals surface area contributed by atoms with Gasteiger partial charge in [0, 0.05) is 29.2 Å². The number of anilines is 1. The van der Waals surface area contributed by atoms with E-state index in [0.29, 0.717) is 27.9 Å². The van der Waals surface area contributed by atoms with E-state index in [4.69, 9.17) is 32.7 Å². The minimum atomic E-state index is -4.24. The zero-order chi connectivity index (χ0) is 30.3. The second-order valence-corrected chi connectivity index (χ2v) is 11.9. The topological polar surface area (TPSA) is 105 Å². The molecule has 0 aliphatic carbocycles. The second kappa shape index (κ2) is 13.9. The molecule has 3 aromatic carbocycles. The Morgan fingerprint density at radius 3 is 2.20 bits per heavy atom. The number of methoxy groups -OCH3 is 2. The molecule has 0 heterocycles. The molecule has 0 saturated carbocycles. The molecular formula is C29H33Cl2N3O6S. The quantitative estimate of drug-likeness (QED) is 0.303. The molecule has 3 rings (SSSR count). The van der Waals surface area contributed by atoms with Crippen LogP contribution in [0, 0.1) is 6.92 Å². The standard InChI is InChI=1S/C29H33Cl2N3O6S/c1-6-32-29(36)20(3)33(17-21-9-10-22(30)15-25(21)31)28(35)18-34(23-11-14-26(39-4)27(16-23)40-5)41(37,38)24-12-7-19(2)8-13-24/h7-16,20H,6,17-18H2,1-5H3,(H,32,36)/t20-/m1/s1. The summed E-state index contributed by atoms with van der Waals surface area (Å²) < 4.78 is 39.6. The Hall–Kier alpha value is -3.47. The SMILES string of the molecule is CCNC(=O)[C@@H](C)N(Cc1ccc(Cl)cc1Cl)C(=O)CN(c1ccc(OC)c(OC)c1)S(=O)(=O)c1ccc(C)cc1. The number of hydrogen-bond acceptors (Lipinski definition) is 6. The fourth-order valence-corrected chi connectivity index (χ4v) is 5.96. The van der Waals surface area contributed by atoms with E-state index in [2.05, 4.69) is 5.32 Å². The average Bonchev–Trinajstić information content (AvgIpc) is 2.95. The van der Waals surface area contributed by atoms with Crippen LogP contribution in [-0.4, -0.2) is 58.5 Å². The van der Waals surface area contributed by atoms with Crippen molar-refractivity contribution in [3.05, 3.63) is 81.8 Å². The van der Waals surface area contributed by atoms with E-state index in [-0.39, 0.29) is 22.9 Å². The summed E-state index contributed by atoms with van der Waals surface area (Å²) in [4.78, 5) is 28.1. The smallest absolute Gasteiger partial charge is 0.264 e. The van der Waals surface area contributed by atoms with Crippen molar-refractivity contribution in [3.63, 3.8) is 0 Å². The van der Waals surface area contributed by atoms with E-state index in [1.54, 1.807) is 44.2 Å². The highest BCUT2D eigenvalue weighted by Crippen LogP contribution is 2.34. The number of nitrogens with zero attached hydrogens (tertiary/aromatic N) is 2. The summed E-state index contributed by atoms with van der Waals surface area (Å²) in [6.45, 7) is 4.86. The predicted molar refractivity (Wildman–Crippen MR) is 160 cm³/mol. The van der Waals surface area contributed by atoms with Crippen molar-refractivity contribution in [2.75, 3.05) is 31.6 Å². The summed E-state index contributed by atoms with van der Waals surface area (Å²) in [6.07, 6.45) is 0. The number of amides is 2. The Kier molecular flexibility index (Phi) is 10.9. The van der Waals surface area contributed by atoms with Crippen LogP contribution in [0.4, 0.5) is 5.69 Å². The summed E-state index contributed by atoms with van der Waals surface area (Å²) in [5.41, 5.74) is 1.59. The van der Waals surface area contributed by atoms with Gasteiger partial charge in [0.25, 0.3) is 10.0 Å². The van der Waals surface area contributed by atoms with Gasteiger partial charge < -0.3 is 19.7 Å². The lowest BCUT2D eigenvalue weighted by Crippen LogP contribution is -2.51. The molecule has 1 N–H and O–H groups in total.